The summed E-state index contributed by atoms with van der Waals surface area (Å²) in [6.45, 7) is 0. The third-order valence-corrected chi connectivity index (χ3v) is 6.31. The monoisotopic (exact) mass is 376 g/mol. The van der Waals surface area contributed by atoms with Crippen molar-refractivity contribution in [2.75, 3.05) is 12.5 Å². The van der Waals surface area contributed by atoms with E-state index < -0.39 is 10.0 Å². The van der Waals surface area contributed by atoms with Gasteiger partial charge in [-0.25, -0.2) is 19.2 Å². The summed E-state index contributed by atoms with van der Waals surface area (Å²) in [5.41, 5.74) is 2.36. The maximum Gasteiger partial charge on any atom is 0.246 e. The molecule has 0 aliphatic heterocycles. The van der Waals surface area contributed by atoms with Gasteiger partial charge >= 0.3 is 0 Å². The number of hydrogen-bond acceptors (Lipinski definition) is 5. The highest BCUT2D eigenvalue weighted by Crippen LogP contribution is 2.29. The van der Waals surface area contributed by atoms with Gasteiger partial charge in [0.25, 0.3) is 0 Å². The van der Waals surface area contributed by atoms with Gasteiger partial charge in [0.05, 0.1) is 0 Å². The topological polar surface area (TPSA) is 88.3 Å². The molecule has 0 unspecified atom stereocenters. The third-order valence-electron chi connectivity index (χ3n) is 3.95. The number of anilines is 1. The Hall–Kier alpha value is -0.700. The molecular weight excluding hydrogens is 356 g/mol. The van der Waals surface area contributed by atoms with E-state index in [0.717, 1.165) is 25.7 Å². The summed E-state index contributed by atoms with van der Waals surface area (Å²) >= 11 is 3.26. The van der Waals surface area contributed by atoms with E-state index in [0.29, 0.717) is 4.47 Å². The van der Waals surface area contributed by atoms with Crippen LogP contribution in [0, 0.1) is 0 Å². The molecule has 8 heteroatoms. The van der Waals surface area contributed by atoms with Gasteiger partial charge in [-0.15, -0.1) is 0 Å². The largest absolute Gasteiger partial charge is 0.307 e. The standard InChI is InChI=1S/C13H21BrN4O2S/c1-18(11-6-4-2-3-5-7-11)21(19,20)12-8-10(14)9-16-13(12)17-15/h8-9,11H,2-7,15H2,1H3,(H,16,17). The van der Waals surface area contributed by atoms with E-state index in [4.69, 9.17) is 5.84 Å². The van der Waals surface area contributed by atoms with E-state index in [1.165, 1.54) is 29.4 Å². The fourth-order valence-electron chi connectivity index (χ4n) is 2.70. The minimum absolute atomic E-state index is 0.0436. The lowest BCUT2D eigenvalue weighted by atomic mass is 10.1. The van der Waals surface area contributed by atoms with Crippen molar-refractivity contribution >= 4 is 31.8 Å². The molecule has 0 aromatic carbocycles. The van der Waals surface area contributed by atoms with Gasteiger partial charge < -0.3 is 5.43 Å². The van der Waals surface area contributed by atoms with E-state index in [1.807, 2.05) is 0 Å². The van der Waals surface area contributed by atoms with Gasteiger partial charge in [0.15, 0.2) is 5.82 Å². The van der Waals surface area contributed by atoms with Crippen LogP contribution in [0.5, 0.6) is 0 Å². The Bertz CT molecular complexity index is 586. The van der Waals surface area contributed by atoms with Crippen molar-refractivity contribution in [1.29, 1.82) is 0 Å². The summed E-state index contributed by atoms with van der Waals surface area (Å²) in [7, 11) is -1.98. The first kappa shape index (κ1) is 16.7. The number of aromatic nitrogens is 1. The van der Waals surface area contributed by atoms with Crippen LogP contribution in [0.4, 0.5) is 5.82 Å². The molecule has 1 aliphatic rings. The Kier molecular flexibility index (Phi) is 5.59. The highest BCUT2D eigenvalue weighted by molar-refractivity contribution is 9.10. The number of nitrogens with two attached hydrogens (primary N) is 1. The molecule has 1 aliphatic carbocycles. The molecule has 0 radical (unpaired) electrons. The van der Waals surface area contributed by atoms with E-state index in [-0.39, 0.29) is 16.8 Å². The molecule has 0 bridgehead atoms. The summed E-state index contributed by atoms with van der Waals surface area (Å²) in [4.78, 5) is 4.12. The number of rotatable bonds is 4. The molecule has 0 saturated heterocycles. The fourth-order valence-corrected chi connectivity index (χ4v) is 4.73. The Morgan fingerprint density at radius 2 is 1.95 bits per heavy atom. The third kappa shape index (κ3) is 3.74. The smallest absolute Gasteiger partial charge is 0.246 e. The number of hydrazine groups is 1. The quantitative estimate of drug-likeness (QED) is 0.478. The van der Waals surface area contributed by atoms with Crippen LogP contribution in [0.15, 0.2) is 21.6 Å². The summed E-state index contributed by atoms with van der Waals surface area (Å²) in [6, 6.07) is 1.58. The molecule has 2 rings (SSSR count). The Morgan fingerprint density at radius 1 is 1.33 bits per heavy atom. The number of pyridine rings is 1. The number of nitrogen functional groups attached to an aromatic ring is 1. The molecule has 0 atom stereocenters. The number of sulfonamides is 1. The summed E-state index contributed by atoms with van der Waals surface area (Å²) in [6.07, 6.45) is 7.83. The van der Waals surface area contributed by atoms with E-state index in [1.54, 1.807) is 7.05 Å². The zero-order valence-electron chi connectivity index (χ0n) is 12.0. The molecule has 0 spiro atoms. The predicted molar refractivity (Wildman–Crippen MR) is 86.2 cm³/mol. The average molecular weight is 377 g/mol. The van der Waals surface area contributed by atoms with Crippen molar-refractivity contribution in [2.45, 2.75) is 49.5 Å². The van der Waals surface area contributed by atoms with Crippen LogP contribution in [0.1, 0.15) is 38.5 Å². The van der Waals surface area contributed by atoms with Crippen LogP contribution in [0.3, 0.4) is 0 Å². The molecule has 118 valence electrons. The molecule has 1 aromatic heterocycles. The van der Waals surface area contributed by atoms with Crippen LogP contribution < -0.4 is 11.3 Å². The van der Waals surface area contributed by atoms with Gasteiger partial charge in [-0.2, -0.15) is 4.31 Å². The van der Waals surface area contributed by atoms with Crippen molar-refractivity contribution in [3.05, 3.63) is 16.7 Å². The van der Waals surface area contributed by atoms with Crippen molar-refractivity contribution in [3.63, 3.8) is 0 Å². The van der Waals surface area contributed by atoms with Gasteiger partial charge in [-0.1, -0.05) is 25.7 Å². The maximum absolute atomic E-state index is 12.8. The molecule has 1 aromatic rings. The van der Waals surface area contributed by atoms with E-state index in [2.05, 4.69) is 26.3 Å². The summed E-state index contributed by atoms with van der Waals surface area (Å²) < 4.78 is 27.8. The second-order valence-corrected chi connectivity index (χ2v) is 8.19. The lowest BCUT2D eigenvalue weighted by Crippen LogP contribution is -2.37. The first-order chi connectivity index (χ1) is 9.96. The van der Waals surface area contributed by atoms with Crippen LogP contribution in [0.2, 0.25) is 0 Å². The molecule has 21 heavy (non-hydrogen) atoms. The minimum atomic E-state index is -3.62. The minimum Gasteiger partial charge on any atom is -0.307 e. The van der Waals surface area contributed by atoms with Crippen molar-refractivity contribution in [2.24, 2.45) is 5.84 Å². The van der Waals surface area contributed by atoms with Crippen molar-refractivity contribution in [3.8, 4) is 0 Å². The molecule has 1 heterocycles. The highest BCUT2D eigenvalue weighted by atomic mass is 79.9. The van der Waals surface area contributed by atoms with Crippen LogP contribution in [-0.4, -0.2) is 30.8 Å². The van der Waals surface area contributed by atoms with E-state index >= 15 is 0 Å². The van der Waals surface area contributed by atoms with Crippen LogP contribution >= 0.6 is 15.9 Å². The van der Waals surface area contributed by atoms with Gasteiger partial charge in [-0.3, -0.25) is 0 Å². The number of nitrogens with one attached hydrogen (secondary N) is 1. The predicted octanol–water partition coefficient (Wildman–Crippen LogP) is 2.47. The second kappa shape index (κ2) is 7.04. The Morgan fingerprint density at radius 3 is 2.52 bits per heavy atom. The van der Waals surface area contributed by atoms with Gasteiger partial charge in [0.2, 0.25) is 10.0 Å². The highest BCUT2D eigenvalue weighted by Gasteiger charge is 2.31. The van der Waals surface area contributed by atoms with Crippen molar-refractivity contribution < 1.29 is 8.42 Å². The molecule has 1 fully saturated rings. The molecular formula is C13H21BrN4O2S. The number of nitrogens with zero attached hydrogens (tertiary/aromatic N) is 2. The van der Waals surface area contributed by atoms with Crippen LogP contribution in [-0.2, 0) is 10.0 Å². The zero-order chi connectivity index (χ0) is 15.5. The van der Waals surface area contributed by atoms with Crippen molar-refractivity contribution in [1.82, 2.24) is 9.29 Å². The average Bonchev–Trinajstić information content (AvgIpc) is 2.75. The zero-order valence-corrected chi connectivity index (χ0v) is 14.5. The normalized spacial score (nSPS) is 17.7. The van der Waals surface area contributed by atoms with Gasteiger partial charge in [0.1, 0.15) is 4.90 Å². The Labute approximate surface area is 134 Å². The lowest BCUT2D eigenvalue weighted by molar-refractivity contribution is 0.336. The number of halogens is 1. The fraction of sp³-hybridized carbons (Fsp3) is 0.615. The van der Waals surface area contributed by atoms with Gasteiger partial charge in [-0.05, 0) is 34.8 Å². The maximum atomic E-state index is 12.8. The molecule has 1 saturated carbocycles. The number of hydrogen-bond donors (Lipinski definition) is 2. The first-order valence-electron chi connectivity index (χ1n) is 7.07. The molecule has 6 nitrogen and oxygen atoms in total. The molecule has 3 N–H and O–H groups in total. The summed E-state index contributed by atoms with van der Waals surface area (Å²) in [5.74, 6) is 5.56. The van der Waals surface area contributed by atoms with Gasteiger partial charge in [0, 0.05) is 23.8 Å². The summed E-state index contributed by atoms with van der Waals surface area (Å²) in [5, 5.41) is 0. The second-order valence-electron chi connectivity index (χ2n) is 5.31. The van der Waals surface area contributed by atoms with E-state index in [9.17, 15) is 8.42 Å². The Balaban J connectivity index is 2.34. The SMILES string of the molecule is CN(C1CCCCCC1)S(=O)(=O)c1cc(Br)cnc1NN. The lowest BCUT2D eigenvalue weighted by Gasteiger charge is -2.27. The first-order valence-corrected chi connectivity index (χ1v) is 9.30. The molecule has 0 amide bonds. The van der Waals surface area contributed by atoms with Crippen LogP contribution in [0.25, 0.3) is 0 Å².